The van der Waals surface area contributed by atoms with E-state index < -0.39 is 0 Å². The normalized spacial score (nSPS) is 14.4. The SMILES string of the molecule is Cc1ccc(CN2C(=O)CNC(=O)c3cc(Cl)ccc32)cc1. The Labute approximate surface area is 133 Å². The first-order chi connectivity index (χ1) is 10.5. The fourth-order valence-electron chi connectivity index (χ4n) is 2.46. The van der Waals surface area contributed by atoms with Crippen LogP contribution >= 0.6 is 11.6 Å². The summed E-state index contributed by atoms with van der Waals surface area (Å²) in [5.74, 6) is -0.424. The zero-order valence-corrected chi connectivity index (χ0v) is 12.9. The number of anilines is 1. The van der Waals surface area contributed by atoms with Crippen molar-refractivity contribution in [3.8, 4) is 0 Å². The van der Waals surface area contributed by atoms with Gasteiger partial charge < -0.3 is 10.2 Å². The Kier molecular flexibility index (Phi) is 3.86. The van der Waals surface area contributed by atoms with Crippen molar-refractivity contribution in [3.05, 3.63) is 64.2 Å². The van der Waals surface area contributed by atoms with E-state index >= 15 is 0 Å². The number of halogens is 1. The van der Waals surface area contributed by atoms with Crippen molar-refractivity contribution in [2.75, 3.05) is 11.4 Å². The largest absolute Gasteiger partial charge is 0.343 e. The first-order valence-electron chi connectivity index (χ1n) is 6.98. The van der Waals surface area contributed by atoms with Crippen LogP contribution in [0.2, 0.25) is 5.02 Å². The molecule has 0 aliphatic carbocycles. The molecule has 0 spiro atoms. The number of hydrogen-bond donors (Lipinski definition) is 1. The minimum absolute atomic E-state index is 0.0169. The Morgan fingerprint density at radius 1 is 1.14 bits per heavy atom. The summed E-state index contributed by atoms with van der Waals surface area (Å²) < 4.78 is 0. The van der Waals surface area contributed by atoms with Crippen LogP contribution in [0.25, 0.3) is 0 Å². The topological polar surface area (TPSA) is 49.4 Å². The number of carbonyl (C=O) groups is 2. The molecule has 0 fully saturated rings. The second-order valence-electron chi connectivity index (χ2n) is 5.31. The van der Waals surface area contributed by atoms with Crippen molar-refractivity contribution < 1.29 is 9.59 Å². The maximum atomic E-state index is 12.4. The standard InChI is InChI=1S/C17H15ClN2O2/c1-11-2-4-12(5-3-11)10-20-15-7-6-13(18)8-14(15)17(22)19-9-16(20)21/h2-8H,9-10H2,1H3,(H,19,22). The molecule has 0 bridgehead atoms. The molecule has 2 amide bonds. The first-order valence-corrected chi connectivity index (χ1v) is 7.36. The van der Waals surface area contributed by atoms with Gasteiger partial charge >= 0.3 is 0 Å². The molecule has 22 heavy (non-hydrogen) atoms. The summed E-state index contributed by atoms with van der Waals surface area (Å²) in [7, 11) is 0. The van der Waals surface area contributed by atoms with E-state index in [9.17, 15) is 9.59 Å². The fraction of sp³-hybridized carbons (Fsp3) is 0.176. The number of aryl methyl sites for hydroxylation is 1. The van der Waals surface area contributed by atoms with Crippen molar-refractivity contribution in [3.63, 3.8) is 0 Å². The highest BCUT2D eigenvalue weighted by Crippen LogP contribution is 2.27. The molecule has 0 unspecified atom stereocenters. The molecule has 0 atom stereocenters. The molecule has 2 aromatic rings. The number of fused-ring (bicyclic) bond motifs is 1. The maximum Gasteiger partial charge on any atom is 0.253 e. The van der Waals surface area contributed by atoms with Gasteiger partial charge in [-0.15, -0.1) is 0 Å². The Morgan fingerprint density at radius 3 is 2.59 bits per heavy atom. The van der Waals surface area contributed by atoms with Gasteiger partial charge in [-0.05, 0) is 30.7 Å². The summed E-state index contributed by atoms with van der Waals surface area (Å²) in [6, 6.07) is 13.0. The van der Waals surface area contributed by atoms with Crippen LogP contribution in [0.1, 0.15) is 21.5 Å². The van der Waals surface area contributed by atoms with Crippen LogP contribution in [0.4, 0.5) is 5.69 Å². The lowest BCUT2D eigenvalue weighted by atomic mass is 10.1. The first kappa shape index (κ1) is 14.6. The van der Waals surface area contributed by atoms with Crippen LogP contribution in [0, 0.1) is 6.92 Å². The minimum atomic E-state index is -0.280. The van der Waals surface area contributed by atoms with Crippen LogP contribution in [-0.4, -0.2) is 18.4 Å². The van der Waals surface area contributed by atoms with Gasteiger partial charge in [0.05, 0.1) is 24.3 Å². The average Bonchev–Trinajstić information content (AvgIpc) is 2.62. The van der Waals surface area contributed by atoms with Crippen LogP contribution in [0.15, 0.2) is 42.5 Å². The number of hydrogen-bond acceptors (Lipinski definition) is 2. The molecule has 0 saturated carbocycles. The zero-order chi connectivity index (χ0) is 15.7. The van der Waals surface area contributed by atoms with E-state index in [2.05, 4.69) is 5.32 Å². The van der Waals surface area contributed by atoms with Crippen molar-refractivity contribution in [2.45, 2.75) is 13.5 Å². The maximum absolute atomic E-state index is 12.4. The van der Waals surface area contributed by atoms with Crippen molar-refractivity contribution in [1.29, 1.82) is 0 Å². The number of carbonyl (C=O) groups excluding carboxylic acids is 2. The minimum Gasteiger partial charge on any atom is -0.343 e. The van der Waals surface area contributed by atoms with Crippen molar-refractivity contribution in [1.82, 2.24) is 5.32 Å². The summed E-state index contributed by atoms with van der Waals surface area (Å²) in [5, 5.41) is 3.08. The molecule has 0 radical (unpaired) electrons. The summed E-state index contributed by atoms with van der Waals surface area (Å²) in [4.78, 5) is 26.1. The van der Waals surface area contributed by atoms with E-state index in [1.165, 1.54) is 0 Å². The van der Waals surface area contributed by atoms with Gasteiger partial charge in [0.2, 0.25) is 5.91 Å². The Morgan fingerprint density at radius 2 is 1.86 bits per heavy atom. The number of benzene rings is 2. The molecule has 2 aromatic carbocycles. The van der Waals surface area contributed by atoms with Gasteiger partial charge in [-0.3, -0.25) is 9.59 Å². The number of nitrogens with one attached hydrogen (secondary N) is 1. The Hall–Kier alpha value is -2.33. The van der Waals surface area contributed by atoms with E-state index in [0.717, 1.165) is 11.1 Å². The molecule has 3 rings (SSSR count). The monoisotopic (exact) mass is 314 g/mol. The van der Waals surface area contributed by atoms with Gasteiger partial charge in [0.1, 0.15) is 0 Å². The van der Waals surface area contributed by atoms with Gasteiger partial charge in [-0.1, -0.05) is 41.4 Å². The predicted octanol–water partition coefficient (Wildman–Crippen LogP) is 2.93. The molecular formula is C17H15ClN2O2. The molecule has 4 nitrogen and oxygen atoms in total. The summed E-state index contributed by atoms with van der Waals surface area (Å²) in [6.45, 7) is 2.42. The number of nitrogens with zero attached hydrogens (tertiary/aromatic N) is 1. The molecule has 1 heterocycles. The quantitative estimate of drug-likeness (QED) is 0.926. The fourth-order valence-corrected chi connectivity index (χ4v) is 2.63. The third-order valence-corrected chi connectivity index (χ3v) is 3.89. The van der Waals surface area contributed by atoms with E-state index in [-0.39, 0.29) is 18.4 Å². The van der Waals surface area contributed by atoms with Crippen LogP contribution in [-0.2, 0) is 11.3 Å². The lowest BCUT2D eigenvalue weighted by Crippen LogP contribution is -2.36. The Balaban J connectivity index is 2.01. The molecular weight excluding hydrogens is 300 g/mol. The molecule has 5 heteroatoms. The lowest BCUT2D eigenvalue weighted by molar-refractivity contribution is -0.117. The van der Waals surface area contributed by atoms with Gasteiger partial charge in [-0.2, -0.15) is 0 Å². The molecule has 0 aromatic heterocycles. The van der Waals surface area contributed by atoms with Crippen molar-refractivity contribution >= 4 is 29.1 Å². The average molecular weight is 315 g/mol. The highest BCUT2D eigenvalue weighted by molar-refractivity contribution is 6.31. The zero-order valence-electron chi connectivity index (χ0n) is 12.1. The van der Waals surface area contributed by atoms with Crippen LogP contribution in [0.5, 0.6) is 0 Å². The van der Waals surface area contributed by atoms with E-state index in [4.69, 9.17) is 11.6 Å². The predicted molar refractivity (Wildman–Crippen MR) is 86.2 cm³/mol. The van der Waals surface area contributed by atoms with E-state index in [1.807, 2.05) is 31.2 Å². The van der Waals surface area contributed by atoms with Crippen LogP contribution in [0.3, 0.4) is 0 Å². The van der Waals surface area contributed by atoms with E-state index in [1.54, 1.807) is 23.1 Å². The second kappa shape index (κ2) is 5.81. The highest BCUT2D eigenvalue weighted by atomic mass is 35.5. The summed E-state index contributed by atoms with van der Waals surface area (Å²) >= 11 is 5.97. The number of rotatable bonds is 2. The molecule has 1 N–H and O–H groups in total. The number of amides is 2. The van der Waals surface area contributed by atoms with Gasteiger partial charge in [0.15, 0.2) is 0 Å². The summed E-state index contributed by atoms with van der Waals surface area (Å²) in [5.41, 5.74) is 3.18. The lowest BCUT2D eigenvalue weighted by Gasteiger charge is -2.22. The van der Waals surface area contributed by atoms with Crippen molar-refractivity contribution in [2.24, 2.45) is 0 Å². The van der Waals surface area contributed by atoms with Crippen LogP contribution < -0.4 is 10.2 Å². The smallest absolute Gasteiger partial charge is 0.253 e. The van der Waals surface area contributed by atoms with E-state index in [0.29, 0.717) is 22.8 Å². The van der Waals surface area contributed by atoms with Gasteiger partial charge in [0, 0.05) is 5.02 Å². The van der Waals surface area contributed by atoms with Gasteiger partial charge in [0.25, 0.3) is 5.91 Å². The highest BCUT2D eigenvalue weighted by Gasteiger charge is 2.26. The molecule has 112 valence electrons. The Bertz CT molecular complexity index is 741. The third-order valence-electron chi connectivity index (χ3n) is 3.66. The summed E-state index contributed by atoms with van der Waals surface area (Å²) in [6.07, 6.45) is 0. The second-order valence-corrected chi connectivity index (χ2v) is 5.75. The molecule has 1 aliphatic heterocycles. The third kappa shape index (κ3) is 2.83. The molecule has 0 saturated heterocycles. The van der Waals surface area contributed by atoms with Gasteiger partial charge in [-0.25, -0.2) is 0 Å². The molecule has 1 aliphatic rings.